The van der Waals surface area contributed by atoms with Gasteiger partial charge in [0.2, 0.25) is 5.79 Å². The summed E-state index contributed by atoms with van der Waals surface area (Å²) in [5, 5.41) is 34.2. The fraction of sp³-hybridized carbons (Fsp3) is 0.404. The third kappa shape index (κ3) is 9.36. The van der Waals surface area contributed by atoms with Gasteiger partial charge in [-0.3, -0.25) is 4.79 Å². The quantitative estimate of drug-likeness (QED) is 0.0511. The molecule has 4 aromatic carbocycles. The van der Waals surface area contributed by atoms with Gasteiger partial charge in [-0.1, -0.05) is 79.5 Å². The van der Waals surface area contributed by atoms with E-state index in [4.69, 9.17) is 24.2 Å². The van der Waals surface area contributed by atoms with Crippen molar-refractivity contribution in [1.29, 1.82) is 5.26 Å². The minimum Gasteiger partial charge on any atom is -0.459 e. The molecule has 1 fully saturated rings. The largest absolute Gasteiger partial charge is 0.459 e. The fourth-order valence-corrected chi connectivity index (χ4v) is 9.83. The molecule has 6 unspecified atom stereocenters. The first-order valence-corrected chi connectivity index (χ1v) is 22.2. The molecule has 2 N–H and O–H groups in total. The van der Waals surface area contributed by atoms with Crippen LogP contribution in [-0.2, 0) is 9.57 Å². The Labute approximate surface area is 366 Å². The number of carbonyl (C=O) groups is 1. The van der Waals surface area contributed by atoms with Gasteiger partial charge in [0.25, 0.3) is 5.91 Å². The highest BCUT2D eigenvalue weighted by Crippen LogP contribution is 2.62. The summed E-state index contributed by atoms with van der Waals surface area (Å²) in [6.07, 6.45) is 9.73. The number of rotatable bonds is 20. The number of nitriles is 1. The summed E-state index contributed by atoms with van der Waals surface area (Å²) in [5.74, 6) is 0.00850. The maximum atomic E-state index is 14.9. The van der Waals surface area contributed by atoms with Crippen LogP contribution in [-0.4, -0.2) is 71.5 Å². The van der Waals surface area contributed by atoms with Gasteiger partial charge in [-0.25, -0.2) is 0 Å². The van der Waals surface area contributed by atoms with E-state index in [-0.39, 0.29) is 43.5 Å². The van der Waals surface area contributed by atoms with E-state index in [1.54, 1.807) is 30.3 Å². The zero-order valence-electron chi connectivity index (χ0n) is 36.0. The normalized spacial score (nSPS) is 22.9. The number of aliphatic hydroxyl groups excluding tert-OH is 2. The second kappa shape index (κ2) is 20.9. The molecule has 10 heteroatoms. The maximum absolute atomic E-state index is 14.9. The molecular weight excluding hydrogens is 779 g/mol. The Bertz CT molecular complexity index is 2230. The Kier molecular flexibility index (Phi) is 14.9. The van der Waals surface area contributed by atoms with Crippen molar-refractivity contribution < 1.29 is 34.1 Å². The first-order chi connectivity index (χ1) is 30.4. The average molecular weight is 838 g/mol. The summed E-state index contributed by atoms with van der Waals surface area (Å²) in [6.45, 7) is 9.16. The number of fused-ring (bicyclic) bond motifs is 2. The van der Waals surface area contributed by atoms with Gasteiger partial charge >= 0.3 is 0 Å². The van der Waals surface area contributed by atoms with Gasteiger partial charge in [-0.05, 0) is 122 Å². The molecule has 10 nitrogen and oxygen atoms in total. The van der Waals surface area contributed by atoms with Crippen LogP contribution < -0.4 is 9.47 Å². The topological polar surface area (TPSA) is 134 Å². The lowest BCUT2D eigenvalue weighted by molar-refractivity contribution is -0.254. The number of hydrogen-bond donors (Lipinski definition) is 2. The molecule has 324 valence electrons. The summed E-state index contributed by atoms with van der Waals surface area (Å²) >= 11 is 0. The molecular formula is C52H59N3O7. The summed E-state index contributed by atoms with van der Waals surface area (Å²) in [7, 11) is 0. The third-order valence-electron chi connectivity index (χ3n) is 12.5. The van der Waals surface area contributed by atoms with Crippen molar-refractivity contribution in [3.8, 4) is 34.4 Å². The number of amides is 1. The number of hydrogen-bond acceptors (Lipinski definition) is 9. The van der Waals surface area contributed by atoms with Gasteiger partial charge in [-0.2, -0.15) is 5.26 Å². The number of oxime groups is 1. The number of ether oxygens (including phenoxy) is 3. The van der Waals surface area contributed by atoms with E-state index >= 15 is 0 Å². The summed E-state index contributed by atoms with van der Waals surface area (Å²) in [5.41, 5.74) is 5.86. The van der Waals surface area contributed by atoms with Gasteiger partial charge in [0.05, 0.1) is 29.9 Å². The van der Waals surface area contributed by atoms with Gasteiger partial charge < -0.3 is 34.2 Å². The Morgan fingerprint density at radius 3 is 2.32 bits per heavy atom. The molecule has 0 saturated heterocycles. The highest BCUT2D eigenvalue weighted by Gasteiger charge is 2.65. The predicted octanol–water partition coefficient (Wildman–Crippen LogP) is 10.2. The Balaban J connectivity index is 1.40. The molecule has 1 heterocycles. The molecule has 0 radical (unpaired) electrons. The third-order valence-corrected chi connectivity index (χ3v) is 12.5. The van der Waals surface area contributed by atoms with Gasteiger partial charge in [0.1, 0.15) is 29.9 Å². The minimum absolute atomic E-state index is 0.0738. The Morgan fingerprint density at radius 1 is 0.935 bits per heavy atom. The van der Waals surface area contributed by atoms with Gasteiger partial charge in [0.15, 0.2) is 0 Å². The molecule has 4 aromatic rings. The lowest BCUT2D eigenvalue weighted by Crippen LogP contribution is -2.70. The molecule has 0 aromatic heterocycles. The highest BCUT2D eigenvalue weighted by atomic mass is 16.7. The van der Waals surface area contributed by atoms with Gasteiger partial charge in [0, 0.05) is 43.2 Å². The van der Waals surface area contributed by atoms with Crippen molar-refractivity contribution in [2.75, 3.05) is 33.0 Å². The summed E-state index contributed by atoms with van der Waals surface area (Å²) in [4.78, 5) is 22.6. The lowest BCUT2D eigenvalue weighted by atomic mass is 9.55. The number of carbonyl (C=O) groups excluding carboxylic acids is 1. The van der Waals surface area contributed by atoms with E-state index in [2.05, 4.69) is 49.1 Å². The second-order valence-electron chi connectivity index (χ2n) is 16.4. The fourth-order valence-electron chi connectivity index (χ4n) is 9.83. The molecule has 7 rings (SSSR count). The molecule has 62 heavy (non-hydrogen) atoms. The SMILES string of the molecule is C=CCOC12Oc3ccc(Oc4ccc(-c5ccccc5)cc4)cc3C3C(CCCCO)C(CCCCO)C=C(C(=NOCC)CC1N(CCC)C(=O)c1ccc(C#N)cc1)C32. The van der Waals surface area contributed by atoms with Crippen LogP contribution in [0.5, 0.6) is 17.2 Å². The first-order valence-electron chi connectivity index (χ1n) is 22.2. The monoisotopic (exact) mass is 837 g/mol. The van der Waals surface area contributed by atoms with Crippen LogP contribution in [0.1, 0.15) is 92.6 Å². The maximum Gasteiger partial charge on any atom is 0.254 e. The van der Waals surface area contributed by atoms with Crippen LogP contribution in [0.2, 0.25) is 0 Å². The Morgan fingerprint density at radius 2 is 1.65 bits per heavy atom. The smallest absolute Gasteiger partial charge is 0.254 e. The van der Waals surface area contributed by atoms with Crippen LogP contribution in [0, 0.1) is 29.1 Å². The van der Waals surface area contributed by atoms with E-state index in [1.807, 2.05) is 61.2 Å². The van der Waals surface area contributed by atoms with Crippen LogP contribution in [0.25, 0.3) is 11.1 Å². The molecule has 0 bridgehead atoms. The van der Waals surface area contributed by atoms with Crippen LogP contribution >= 0.6 is 0 Å². The van der Waals surface area contributed by atoms with E-state index in [0.29, 0.717) is 67.2 Å². The van der Waals surface area contributed by atoms with E-state index < -0.39 is 17.7 Å². The number of nitrogens with zero attached hydrogens (tertiary/aromatic N) is 3. The molecule has 2 aliphatic carbocycles. The average Bonchev–Trinajstić information content (AvgIpc) is 3.31. The zero-order valence-corrected chi connectivity index (χ0v) is 36.0. The molecule has 0 spiro atoms. The number of aliphatic hydroxyl groups is 2. The van der Waals surface area contributed by atoms with Crippen molar-refractivity contribution in [1.82, 2.24) is 4.90 Å². The Hall–Kier alpha value is -5.73. The standard InChI is InChI=1S/C52H59N3O7/c1-4-28-55(51(58)39-20-18-36(35-53)19-21-39)48-34-46(54-60-6-3)44-32-40(16-10-12-29-56)43(17-11-13-30-57)49-45-33-42(26-27-47(45)62-52(48,50(44)49)59-31-5-2)61-41-24-22-38(23-25-41)37-14-8-7-9-15-37/h5,7-9,14-15,18-27,32-33,40,43,48-50,56-57H,2,4,6,10-13,16-17,28-31,34H2,1,3H3. The van der Waals surface area contributed by atoms with E-state index in [9.17, 15) is 20.3 Å². The second-order valence-corrected chi connectivity index (χ2v) is 16.4. The van der Waals surface area contributed by atoms with Gasteiger partial charge in [-0.15, -0.1) is 6.58 Å². The predicted molar refractivity (Wildman–Crippen MR) is 241 cm³/mol. The number of benzene rings is 4. The molecule has 1 saturated carbocycles. The van der Waals surface area contributed by atoms with Crippen molar-refractivity contribution in [2.24, 2.45) is 22.9 Å². The lowest BCUT2D eigenvalue weighted by Gasteiger charge is -2.60. The molecule has 1 aliphatic heterocycles. The van der Waals surface area contributed by atoms with Crippen LogP contribution in [0.3, 0.4) is 0 Å². The molecule has 3 aliphatic rings. The summed E-state index contributed by atoms with van der Waals surface area (Å²) in [6, 6.07) is 32.6. The first kappa shape index (κ1) is 44.3. The van der Waals surface area contributed by atoms with Crippen molar-refractivity contribution in [3.05, 3.63) is 138 Å². The van der Waals surface area contributed by atoms with Crippen molar-refractivity contribution in [3.63, 3.8) is 0 Å². The van der Waals surface area contributed by atoms with Crippen molar-refractivity contribution >= 4 is 11.6 Å². The molecule has 1 amide bonds. The summed E-state index contributed by atoms with van der Waals surface area (Å²) < 4.78 is 21.1. The van der Waals surface area contributed by atoms with E-state index in [1.165, 1.54) is 0 Å². The van der Waals surface area contributed by atoms with Crippen LogP contribution in [0.15, 0.2) is 127 Å². The zero-order chi connectivity index (χ0) is 43.5. The van der Waals surface area contributed by atoms with Crippen LogP contribution in [0.4, 0.5) is 0 Å². The van der Waals surface area contributed by atoms with Crippen molar-refractivity contribution in [2.45, 2.75) is 83.0 Å². The number of unbranched alkanes of at least 4 members (excludes halogenated alkanes) is 2. The number of allylic oxidation sites excluding steroid dienone is 1. The minimum atomic E-state index is -1.37. The molecule has 6 atom stereocenters. The highest BCUT2D eigenvalue weighted by molar-refractivity contribution is 6.03. The van der Waals surface area contributed by atoms with E-state index in [0.717, 1.165) is 53.7 Å².